The van der Waals surface area contributed by atoms with E-state index in [1.54, 1.807) is 7.11 Å². The molecule has 0 bridgehead atoms. The molecule has 0 fully saturated rings. The van der Waals surface area contributed by atoms with E-state index in [4.69, 9.17) is 10.5 Å². The van der Waals surface area contributed by atoms with Crippen LogP contribution in [0.15, 0.2) is 30.3 Å². The standard InChI is InChI=1S/C12H15N3OS/c1-8(13)11-14-15-12(17-11)10(16-2)9-6-4-3-5-7-9/h3-8,10H,13H2,1-2H3. The predicted molar refractivity (Wildman–Crippen MR) is 67.8 cm³/mol. The van der Waals surface area contributed by atoms with Crippen LogP contribution in [0.4, 0.5) is 0 Å². The first kappa shape index (κ1) is 12.2. The summed E-state index contributed by atoms with van der Waals surface area (Å²) in [7, 11) is 1.67. The summed E-state index contributed by atoms with van der Waals surface area (Å²) in [5, 5.41) is 9.89. The number of benzene rings is 1. The summed E-state index contributed by atoms with van der Waals surface area (Å²) in [6.45, 7) is 1.90. The van der Waals surface area contributed by atoms with Gasteiger partial charge in [0.1, 0.15) is 11.1 Å². The molecule has 0 aliphatic rings. The van der Waals surface area contributed by atoms with Crippen LogP contribution in [0.2, 0.25) is 0 Å². The van der Waals surface area contributed by atoms with Crippen LogP contribution in [-0.2, 0) is 4.74 Å². The van der Waals surface area contributed by atoms with Crippen LogP contribution in [0.3, 0.4) is 0 Å². The van der Waals surface area contributed by atoms with Crippen LogP contribution >= 0.6 is 11.3 Å². The van der Waals surface area contributed by atoms with Crippen LogP contribution in [0.5, 0.6) is 0 Å². The number of hydrogen-bond donors (Lipinski definition) is 1. The molecule has 0 aliphatic heterocycles. The summed E-state index contributed by atoms with van der Waals surface area (Å²) >= 11 is 1.50. The predicted octanol–water partition coefficient (Wildman–Crippen LogP) is 2.29. The molecule has 1 aromatic heterocycles. The van der Waals surface area contributed by atoms with Gasteiger partial charge < -0.3 is 10.5 Å². The first-order valence-corrected chi connectivity index (χ1v) is 6.20. The van der Waals surface area contributed by atoms with Gasteiger partial charge in [0.25, 0.3) is 0 Å². The van der Waals surface area contributed by atoms with Crippen molar-refractivity contribution in [2.45, 2.75) is 19.1 Å². The Morgan fingerprint density at radius 1 is 1.18 bits per heavy atom. The normalized spacial score (nSPS) is 14.5. The average Bonchev–Trinajstić information content (AvgIpc) is 2.81. The van der Waals surface area contributed by atoms with Crippen molar-refractivity contribution in [1.82, 2.24) is 10.2 Å². The maximum atomic E-state index is 5.77. The Kier molecular flexibility index (Phi) is 3.83. The van der Waals surface area contributed by atoms with Crippen molar-refractivity contribution in [2.75, 3.05) is 7.11 Å². The molecule has 0 saturated carbocycles. The SMILES string of the molecule is COC(c1ccccc1)c1nnc(C(C)N)s1. The zero-order chi connectivity index (χ0) is 12.3. The number of nitrogens with zero attached hydrogens (tertiary/aromatic N) is 2. The van der Waals surface area contributed by atoms with Crippen LogP contribution in [-0.4, -0.2) is 17.3 Å². The summed E-state index contributed by atoms with van der Waals surface area (Å²) in [6, 6.07) is 9.88. The first-order chi connectivity index (χ1) is 8.22. The first-order valence-electron chi connectivity index (χ1n) is 5.39. The van der Waals surface area contributed by atoms with Crippen LogP contribution in [0, 0.1) is 0 Å². The fourth-order valence-corrected chi connectivity index (χ4v) is 2.45. The number of aromatic nitrogens is 2. The molecule has 2 unspecified atom stereocenters. The lowest BCUT2D eigenvalue weighted by Crippen LogP contribution is -2.03. The average molecular weight is 249 g/mol. The minimum absolute atomic E-state index is 0.0884. The molecule has 2 rings (SSSR count). The van der Waals surface area contributed by atoms with E-state index in [0.29, 0.717) is 0 Å². The van der Waals surface area contributed by atoms with Crippen molar-refractivity contribution < 1.29 is 4.74 Å². The van der Waals surface area contributed by atoms with Gasteiger partial charge in [0.05, 0.1) is 6.04 Å². The molecule has 0 aliphatic carbocycles. The summed E-state index contributed by atoms with van der Waals surface area (Å²) < 4.78 is 5.48. The lowest BCUT2D eigenvalue weighted by molar-refractivity contribution is 0.135. The highest BCUT2D eigenvalue weighted by Crippen LogP contribution is 2.28. The van der Waals surface area contributed by atoms with Crippen molar-refractivity contribution in [3.05, 3.63) is 45.9 Å². The Morgan fingerprint density at radius 3 is 2.35 bits per heavy atom. The molecule has 1 heterocycles. The highest BCUT2D eigenvalue weighted by Gasteiger charge is 2.19. The molecule has 2 N–H and O–H groups in total. The van der Waals surface area contributed by atoms with Crippen molar-refractivity contribution in [2.24, 2.45) is 5.73 Å². The summed E-state index contributed by atoms with van der Waals surface area (Å²) in [5.74, 6) is 0. The van der Waals surface area contributed by atoms with Crippen molar-refractivity contribution in [1.29, 1.82) is 0 Å². The Hall–Kier alpha value is -1.30. The van der Waals surface area contributed by atoms with E-state index in [2.05, 4.69) is 10.2 Å². The third-order valence-corrected chi connectivity index (χ3v) is 3.58. The third-order valence-electron chi connectivity index (χ3n) is 2.41. The lowest BCUT2D eigenvalue weighted by Gasteiger charge is -2.11. The van der Waals surface area contributed by atoms with E-state index < -0.39 is 0 Å². The Labute approximate surface area is 104 Å². The van der Waals surface area contributed by atoms with Crippen LogP contribution in [0.1, 0.15) is 34.6 Å². The molecular weight excluding hydrogens is 234 g/mol. The number of hydrogen-bond acceptors (Lipinski definition) is 5. The number of methoxy groups -OCH3 is 1. The molecule has 0 amide bonds. The van der Waals surface area contributed by atoms with Gasteiger partial charge in [0, 0.05) is 7.11 Å². The van der Waals surface area contributed by atoms with Crippen molar-refractivity contribution in [3.63, 3.8) is 0 Å². The highest BCUT2D eigenvalue weighted by molar-refractivity contribution is 7.11. The third kappa shape index (κ3) is 2.69. The zero-order valence-corrected chi connectivity index (χ0v) is 10.6. The minimum atomic E-state index is -0.166. The van der Waals surface area contributed by atoms with E-state index in [0.717, 1.165) is 15.6 Å². The maximum Gasteiger partial charge on any atom is 0.151 e. The van der Waals surface area contributed by atoms with Gasteiger partial charge >= 0.3 is 0 Å². The monoisotopic (exact) mass is 249 g/mol. The zero-order valence-electron chi connectivity index (χ0n) is 9.83. The summed E-state index contributed by atoms with van der Waals surface area (Å²) in [5.41, 5.74) is 6.85. The van der Waals surface area contributed by atoms with E-state index in [-0.39, 0.29) is 12.1 Å². The topological polar surface area (TPSA) is 61.0 Å². The fourth-order valence-electron chi connectivity index (χ4n) is 1.54. The van der Waals surface area contributed by atoms with Gasteiger partial charge in [0.15, 0.2) is 5.01 Å². The Morgan fingerprint density at radius 2 is 1.82 bits per heavy atom. The number of ether oxygens (including phenoxy) is 1. The van der Waals surface area contributed by atoms with Gasteiger partial charge in [0.2, 0.25) is 0 Å². The molecular formula is C12H15N3OS. The lowest BCUT2D eigenvalue weighted by atomic mass is 10.1. The smallest absolute Gasteiger partial charge is 0.151 e. The molecule has 90 valence electrons. The molecule has 1 aromatic carbocycles. The molecule has 0 spiro atoms. The second kappa shape index (κ2) is 5.35. The fraction of sp³-hybridized carbons (Fsp3) is 0.333. The molecule has 0 radical (unpaired) electrons. The van der Waals surface area contributed by atoms with E-state index in [1.807, 2.05) is 37.3 Å². The number of nitrogens with two attached hydrogens (primary N) is 1. The van der Waals surface area contributed by atoms with E-state index >= 15 is 0 Å². The van der Waals surface area contributed by atoms with E-state index in [1.165, 1.54) is 11.3 Å². The number of rotatable bonds is 4. The van der Waals surface area contributed by atoms with Crippen LogP contribution in [0.25, 0.3) is 0 Å². The molecule has 2 aromatic rings. The largest absolute Gasteiger partial charge is 0.369 e. The summed E-state index contributed by atoms with van der Waals surface area (Å²) in [6.07, 6.45) is -0.166. The quantitative estimate of drug-likeness (QED) is 0.903. The summed E-state index contributed by atoms with van der Waals surface area (Å²) in [4.78, 5) is 0. The van der Waals surface area contributed by atoms with Gasteiger partial charge in [-0.15, -0.1) is 10.2 Å². The van der Waals surface area contributed by atoms with Crippen molar-refractivity contribution in [3.8, 4) is 0 Å². The minimum Gasteiger partial charge on any atom is -0.369 e. The Balaban J connectivity index is 2.29. The highest BCUT2D eigenvalue weighted by atomic mass is 32.1. The van der Waals surface area contributed by atoms with E-state index in [9.17, 15) is 0 Å². The van der Waals surface area contributed by atoms with Gasteiger partial charge in [-0.1, -0.05) is 41.7 Å². The molecule has 4 nitrogen and oxygen atoms in total. The van der Waals surface area contributed by atoms with Gasteiger partial charge in [-0.3, -0.25) is 0 Å². The second-order valence-corrected chi connectivity index (χ2v) is 4.83. The van der Waals surface area contributed by atoms with Gasteiger partial charge in [-0.2, -0.15) is 0 Å². The van der Waals surface area contributed by atoms with Gasteiger partial charge in [-0.05, 0) is 12.5 Å². The molecule has 5 heteroatoms. The second-order valence-electron chi connectivity index (χ2n) is 3.79. The molecule has 0 saturated heterocycles. The molecule has 17 heavy (non-hydrogen) atoms. The van der Waals surface area contributed by atoms with Gasteiger partial charge in [-0.25, -0.2) is 0 Å². The van der Waals surface area contributed by atoms with Crippen LogP contribution < -0.4 is 5.73 Å². The maximum absolute atomic E-state index is 5.77. The Bertz CT molecular complexity index is 470. The van der Waals surface area contributed by atoms with Crippen molar-refractivity contribution >= 4 is 11.3 Å². The molecule has 2 atom stereocenters.